The van der Waals surface area contributed by atoms with Gasteiger partial charge in [-0.05, 0) is 53.4 Å². The van der Waals surface area contributed by atoms with E-state index < -0.39 is 0 Å². The van der Waals surface area contributed by atoms with Crippen LogP contribution in [0.2, 0.25) is 0 Å². The lowest BCUT2D eigenvalue weighted by atomic mass is 10.1. The van der Waals surface area contributed by atoms with E-state index in [2.05, 4.69) is 36.8 Å². The maximum absolute atomic E-state index is 12.9. The number of anilines is 3. The van der Waals surface area contributed by atoms with Crippen LogP contribution in [0.5, 0.6) is 0 Å². The number of nitrogens with one attached hydrogen (secondary N) is 1. The summed E-state index contributed by atoms with van der Waals surface area (Å²) >= 11 is 1.70. The molecule has 4 aromatic rings. The highest BCUT2D eigenvalue weighted by molar-refractivity contribution is 7.13. The van der Waals surface area contributed by atoms with E-state index in [4.69, 9.17) is 0 Å². The Balaban J connectivity index is 1.17. The Kier molecular flexibility index (Phi) is 5.76. The van der Waals surface area contributed by atoms with Gasteiger partial charge in [0.1, 0.15) is 0 Å². The van der Waals surface area contributed by atoms with Gasteiger partial charge in [-0.25, -0.2) is 0 Å². The van der Waals surface area contributed by atoms with E-state index in [1.165, 1.54) is 4.88 Å². The Bertz CT molecular complexity index is 1160. The number of nitrogens with zero attached hydrogens (tertiary/aromatic N) is 5. The monoisotopic (exact) mass is 442 g/mol. The van der Waals surface area contributed by atoms with Crippen LogP contribution in [0.4, 0.5) is 17.3 Å². The number of carbonyl (C=O) groups excluding carboxylic acids is 1. The van der Waals surface area contributed by atoms with E-state index in [1.807, 2.05) is 59.5 Å². The number of hydrogen-bond donors (Lipinski definition) is 1. The van der Waals surface area contributed by atoms with E-state index in [1.54, 1.807) is 23.7 Å². The smallest absolute Gasteiger partial charge is 0.253 e. The fraction of sp³-hybridized carbons (Fsp3) is 0.167. The minimum Gasteiger partial charge on any atom is -0.352 e. The molecule has 4 heterocycles. The second kappa shape index (κ2) is 9.15. The summed E-state index contributed by atoms with van der Waals surface area (Å²) in [5, 5.41) is 13.9. The average molecular weight is 443 g/mol. The van der Waals surface area contributed by atoms with Crippen molar-refractivity contribution in [2.75, 3.05) is 36.4 Å². The number of hydrogen-bond acceptors (Lipinski definition) is 7. The molecule has 5 rings (SSSR count). The van der Waals surface area contributed by atoms with Crippen molar-refractivity contribution >= 4 is 34.6 Å². The summed E-state index contributed by atoms with van der Waals surface area (Å²) in [6, 6.07) is 19.6. The summed E-state index contributed by atoms with van der Waals surface area (Å²) in [5.74, 6) is 1.57. The highest BCUT2D eigenvalue weighted by Crippen LogP contribution is 2.25. The van der Waals surface area contributed by atoms with Crippen molar-refractivity contribution in [1.82, 2.24) is 20.1 Å². The zero-order valence-corrected chi connectivity index (χ0v) is 18.2. The van der Waals surface area contributed by atoms with Gasteiger partial charge in [0, 0.05) is 54.7 Å². The molecule has 1 saturated heterocycles. The summed E-state index contributed by atoms with van der Waals surface area (Å²) in [6.45, 7) is 2.77. The summed E-state index contributed by atoms with van der Waals surface area (Å²) in [7, 11) is 0. The minimum absolute atomic E-state index is 0.0744. The molecule has 1 aliphatic rings. The van der Waals surface area contributed by atoms with E-state index in [-0.39, 0.29) is 5.91 Å². The molecule has 1 aromatic carbocycles. The number of thiophene rings is 1. The highest BCUT2D eigenvalue weighted by atomic mass is 32.1. The number of pyridine rings is 1. The van der Waals surface area contributed by atoms with Gasteiger partial charge in [0.2, 0.25) is 0 Å². The molecule has 1 aliphatic heterocycles. The summed E-state index contributed by atoms with van der Waals surface area (Å²) < 4.78 is 0. The van der Waals surface area contributed by atoms with Gasteiger partial charge in [0.05, 0.1) is 0 Å². The SMILES string of the molecule is O=C(c1ccc(-c2cccs2)cc1)N1CCN(c2ccc(Nc3ccncc3)nn2)CC1. The zero-order chi connectivity index (χ0) is 21.8. The molecule has 0 unspecified atom stereocenters. The maximum Gasteiger partial charge on any atom is 0.253 e. The summed E-state index contributed by atoms with van der Waals surface area (Å²) in [5.41, 5.74) is 2.78. The molecule has 7 nitrogen and oxygen atoms in total. The first-order chi connectivity index (χ1) is 15.8. The number of aromatic nitrogens is 3. The molecule has 0 radical (unpaired) electrons. The van der Waals surface area contributed by atoms with Crippen molar-refractivity contribution < 1.29 is 4.79 Å². The molecule has 8 heteroatoms. The largest absolute Gasteiger partial charge is 0.352 e. The van der Waals surface area contributed by atoms with Crippen LogP contribution in [0.3, 0.4) is 0 Å². The zero-order valence-electron chi connectivity index (χ0n) is 17.4. The number of carbonyl (C=O) groups is 1. The first-order valence-corrected chi connectivity index (χ1v) is 11.3. The van der Waals surface area contributed by atoms with Crippen LogP contribution in [0, 0.1) is 0 Å². The fourth-order valence-corrected chi connectivity index (χ4v) is 4.42. The third kappa shape index (κ3) is 4.45. The van der Waals surface area contributed by atoms with Crippen molar-refractivity contribution in [2.24, 2.45) is 0 Å². The molecule has 0 atom stereocenters. The second-order valence-corrected chi connectivity index (χ2v) is 8.42. The third-order valence-electron chi connectivity index (χ3n) is 5.43. The average Bonchev–Trinajstić information content (AvgIpc) is 3.40. The van der Waals surface area contributed by atoms with Crippen LogP contribution >= 0.6 is 11.3 Å². The topological polar surface area (TPSA) is 74.2 Å². The lowest BCUT2D eigenvalue weighted by Gasteiger charge is -2.35. The summed E-state index contributed by atoms with van der Waals surface area (Å²) in [6.07, 6.45) is 3.45. The van der Waals surface area contributed by atoms with Crippen molar-refractivity contribution in [3.8, 4) is 10.4 Å². The lowest BCUT2D eigenvalue weighted by Crippen LogP contribution is -2.49. The number of piperazine rings is 1. The minimum atomic E-state index is 0.0744. The Morgan fingerprint density at radius 1 is 0.875 bits per heavy atom. The first-order valence-electron chi connectivity index (χ1n) is 10.5. The highest BCUT2D eigenvalue weighted by Gasteiger charge is 2.23. The van der Waals surface area contributed by atoms with Gasteiger partial charge in [0.15, 0.2) is 11.6 Å². The quantitative estimate of drug-likeness (QED) is 0.497. The first kappa shape index (κ1) is 20.1. The predicted octanol–water partition coefficient (Wildman–Crippen LogP) is 4.31. The van der Waals surface area contributed by atoms with Crippen molar-refractivity contribution in [3.63, 3.8) is 0 Å². The van der Waals surface area contributed by atoms with Gasteiger partial charge in [-0.1, -0.05) is 18.2 Å². The van der Waals surface area contributed by atoms with Crippen molar-refractivity contribution in [1.29, 1.82) is 0 Å². The molecule has 32 heavy (non-hydrogen) atoms. The van der Waals surface area contributed by atoms with Gasteiger partial charge in [-0.15, -0.1) is 21.5 Å². The number of benzene rings is 1. The van der Waals surface area contributed by atoms with Crippen LogP contribution in [-0.2, 0) is 0 Å². The van der Waals surface area contributed by atoms with E-state index in [0.717, 1.165) is 35.7 Å². The number of rotatable bonds is 5. The second-order valence-electron chi connectivity index (χ2n) is 7.47. The van der Waals surface area contributed by atoms with Crippen LogP contribution in [0.15, 0.2) is 78.4 Å². The van der Waals surface area contributed by atoms with E-state index >= 15 is 0 Å². The molecule has 1 N–H and O–H groups in total. The normalized spacial score (nSPS) is 13.8. The van der Waals surface area contributed by atoms with Gasteiger partial charge in [0.25, 0.3) is 5.91 Å². The van der Waals surface area contributed by atoms with Crippen molar-refractivity contribution in [3.05, 3.63) is 84.0 Å². The molecule has 160 valence electrons. The molecule has 0 bridgehead atoms. The maximum atomic E-state index is 12.9. The van der Waals surface area contributed by atoms with Gasteiger partial charge in [-0.3, -0.25) is 9.78 Å². The van der Waals surface area contributed by atoms with Crippen LogP contribution in [-0.4, -0.2) is 52.2 Å². The van der Waals surface area contributed by atoms with Gasteiger partial charge >= 0.3 is 0 Å². The van der Waals surface area contributed by atoms with Crippen LogP contribution in [0.25, 0.3) is 10.4 Å². The Labute approximate surface area is 190 Å². The Morgan fingerprint density at radius 2 is 1.66 bits per heavy atom. The molecular weight excluding hydrogens is 420 g/mol. The van der Waals surface area contributed by atoms with Crippen molar-refractivity contribution in [2.45, 2.75) is 0 Å². The molecule has 0 aliphatic carbocycles. The molecular formula is C24H22N6OS. The molecule has 1 amide bonds. The number of amides is 1. The molecule has 3 aromatic heterocycles. The van der Waals surface area contributed by atoms with E-state index in [0.29, 0.717) is 18.9 Å². The van der Waals surface area contributed by atoms with Gasteiger partial charge < -0.3 is 15.1 Å². The summed E-state index contributed by atoms with van der Waals surface area (Å²) in [4.78, 5) is 22.2. The molecule has 1 fully saturated rings. The predicted molar refractivity (Wildman–Crippen MR) is 127 cm³/mol. The Morgan fingerprint density at radius 3 is 2.31 bits per heavy atom. The van der Waals surface area contributed by atoms with Crippen LogP contribution in [0.1, 0.15) is 10.4 Å². The standard InChI is InChI=1S/C24H22N6OS/c31-24(19-5-3-18(4-6-19)21-2-1-17-32-21)30-15-13-29(14-16-30)23-8-7-22(27-28-23)26-20-9-11-25-12-10-20/h1-12,17H,13-16H2,(H,25,26,27). The molecule has 0 saturated carbocycles. The molecule has 0 spiro atoms. The van der Waals surface area contributed by atoms with Gasteiger partial charge in [-0.2, -0.15) is 0 Å². The van der Waals surface area contributed by atoms with E-state index in [9.17, 15) is 4.79 Å². The third-order valence-corrected chi connectivity index (χ3v) is 6.35. The van der Waals surface area contributed by atoms with Crippen LogP contribution < -0.4 is 10.2 Å². The Hall–Kier alpha value is -3.78. The fourth-order valence-electron chi connectivity index (χ4n) is 3.68. The lowest BCUT2D eigenvalue weighted by molar-refractivity contribution is 0.0746.